The molecule has 3 aromatic carbocycles. The SMILES string of the molecule is C.C=C(C(=O)OCC)C(OC(C)=O)c1ccc(C)c(Cl)c1.C=C(C(=O)OCC)[C@@H](Nc1cc(C)c(C)c(OC)c1)c1ccc(C)c(Cl)c1. The van der Waals surface area contributed by atoms with Crippen molar-refractivity contribution >= 4 is 46.8 Å². The molecule has 0 saturated carbocycles. The van der Waals surface area contributed by atoms with E-state index in [0.717, 1.165) is 39.3 Å². The van der Waals surface area contributed by atoms with Crippen LogP contribution in [0.4, 0.5) is 5.69 Å². The van der Waals surface area contributed by atoms with Gasteiger partial charge in [0.1, 0.15) is 5.75 Å². The molecule has 260 valence electrons. The molecule has 1 N–H and O–H groups in total. The van der Waals surface area contributed by atoms with Crippen LogP contribution >= 0.6 is 23.2 Å². The zero-order valence-corrected chi connectivity index (χ0v) is 29.7. The van der Waals surface area contributed by atoms with Gasteiger partial charge in [0.05, 0.1) is 37.5 Å². The third kappa shape index (κ3) is 11.5. The van der Waals surface area contributed by atoms with E-state index in [1.165, 1.54) is 6.92 Å². The van der Waals surface area contributed by atoms with Crippen molar-refractivity contribution in [2.45, 2.75) is 68.0 Å². The van der Waals surface area contributed by atoms with Crippen LogP contribution in [-0.2, 0) is 28.6 Å². The fraction of sp³-hybridized carbons (Fsp3) is 0.342. The molecule has 2 atom stereocenters. The van der Waals surface area contributed by atoms with Gasteiger partial charge < -0.3 is 24.3 Å². The first kappa shape index (κ1) is 41.8. The Balaban J connectivity index is 0.000000491. The molecule has 48 heavy (non-hydrogen) atoms. The van der Waals surface area contributed by atoms with Gasteiger partial charge >= 0.3 is 17.9 Å². The monoisotopic (exact) mass is 699 g/mol. The maximum atomic E-state index is 12.3. The summed E-state index contributed by atoms with van der Waals surface area (Å²) in [4.78, 5) is 35.3. The number of hydrogen-bond acceptors (Lipinski definition) is 8. The predicted octanol–water partition coefficient (Wildman–Crippen LogP) is 9.55. The van der Waals surface area contributed by atoms with Crippen LogP contribution in [0.25, 0.3) is 0 Å². The van der Waals surface area contributed by atoms with E-state index in [1.807, 2.05) is 58.0 Å². The Morgan fingerprint density at radius 2 is 1.27 bits per heavy atom. The van der Waals surface area contributed by atoms with Crippen LogP contribution in [0.3, 0.4) is 0 Å². The van der Waals surface area contributed by atoms with Gasteiger partial charge in [0.15, 0.2) is 6.10 Å². The summed E-state index contributed by atoms with van der Waals surface area (Å²) in [6, 6.07) is 14.3. The third-order valence-corrected chi connectivity index (χ3v) is 8.02. The quantitative estimate of drug-likeness (QED) is 0.113. The Hall–Kier alpha value is -4.27. The summed E-state index contributed by atoms with van der Waals surface area (Å²) in [6.07, 6.45) is -0.898. The second kappa shape index (κ2) is 19.5. The number of carbonyl (C=O) groups is 3. The van der Waals surface area contributed by atoms with Gasteiger partial charge in [0.2, 0.25) is 0 Å². The van der Waals surface area contributed by atoms with Crippen molar-refractivity contribution in [2.24, 2.45) is 0 Å². The summed E-state index contributed by atoms with van der Waals surface area (Å²) in [5, 5.41) is 4.54. The number of methoxy groups -OCH3 is 1. The third-order valence-electron chi connectivity index (χ3n) is 7.20. The molecule has 0 heterocycles. The predicted molar refractivity (Wildman–Crippen MR) is 194 cm³/mol. The number of hydrogen-bond donors (Lipinski definition) is 1. The van der Waals surface area contributed by atoms with Crippen molar-refractivity contribution in [3.63, 3.8) is 0 Å². The summed E-state index contributed by atoms with van der Waals surface area (Å²) in [5.74, 6) is -0.782. The fourth-order valence-electron chi connectivity index (χ4n) is 4.40. The maximum absolute atomic E-state index is 12.3. The number of benzene rings is 3. The summed E-state index contributed by atoms with van der Waals surface area (Å²) in [7, 11) is 1.64. The number of esters is 3. The summed E-state index contributed by atoms with van der Waals surface area (Å²) in [6.45, 7) is 20.7. The number of ether oxygens (including phenoxy) is 4. The molecule has 0 saturated heterocycles. The first-order valence-corrected chi connectivity index (χ1v) is 15.7. The minimum Gasteiger partial charge on any atom is -0.496 e. The van der Waals surface area contributed by atoms with Crippen LogP contribution in [0.15, 0.2) is 72.8 Å². The number of carbonyl (C=O) groups excluding carboxylic acids is 3. The normalized spacial score (nSPS) is 11.4. The fourth-order valence-corrected chi connectivity index (χ4v) is 4.78. The Bertz CT molecular complexity index is 1630. The molecular weight excluding hydrogens is 653 g/mol. The largest absolute Gasteiger partial charge is 0.496 e. The van der Waals surface area contributed by atoms with Crippen LogP contribution in [0.2, 0.25) is 10.0 Å². The molecule has 0 bridgehead atoms. The molecule has 0 aliphatic rings. The molecule has 0 aliphatic carbocycles. The van der Waals surface area contributed by atoms with Crippen molar-refractivity contribution in [1.29, 1.82) is 0 Å². The van der Waals surface area contributed by atoms with Gasteiger partial charge in [-0.3, -0.25) is 4.79 Å². The van der Waals surface area contributed by atoms with E-state index in [0.29, 0.717) is 21.2 Å². The van der Waals surface area contributed by atoms with Crippen LogP contribution in [0.5, 0.6) is 5.75 Å². The molecule has 3 aromatic rings. The number of rotatable bonds is 12. The molecule has 0 spiro atoms. The van der Waals surface area contributed by atoms with Gasteiger partial charge in [-0.05, 0) is 93.1 Å². The minimum absolute atomic E-state index is 0. The van der Waals surface area contributed by atoms with Crippen molar-refractivity contribution in [1.82, 2.24) is 0 Å². The van der Waals surface area contributed by atoms with Crippen molar-refractivity contribution in [2.75, 3.05) is 25.6 Å². The molecule has 0 aromatic heterocycles. The Kier molecular flexibility index (Phi) is 17.0. The zero-order chi connectivity index (χ0) is 35.4. The van der Waals surface area contributed by atoms with E-state index < -0.39 is 30.1 Å². The lowest BCUT2D eigenvalue weighted by Gasteiger charge is -2.23. The molecule has 10 heteroatoms. The molecule has 0 amide bonds. The van der Waals surface area contributed by atoms with E-state index in [-0.39, 0.29) is 26.2 Å². The molecule has 8 nitrogen and oxygen atoms in total. The topological polar surface area (TPSA) is 100 Å². The Morgan fingerprint density at radius 3 is 1.75 bits per heavy atom. The van der Waals surface area contributed by atoms with Gasteiger partial charge in [0, 0.05) is 28.7 Å². The van der Waals surface area contributed by atoms with Gasteiger partial charge in [-0.2, -0.15) is 0 Å². The van der Waals surface area contributed by atoms with Crippen molar-refractivity contribution < 1.29 is 33.3 Å². The highest BCUT2D eigenvalue weighted by Gasteiger charge is 2.26. The number of anilines is 1. The highest BCUT2D eigenvalue weighted by Crippen LogP contribution is 2.33. The first-order chi connectivity index (χ1) is 22.1. The molecule has 1 unspecified atom stereocenters. The summed E-state index contributed by atoms with van der Waals surface area (Å²) in [5.41, 5.74) is 6.61. The van der Waals surface area contributed by atoms with Crippen LogP contribution in [-0.4, -0.2) is 38.2 Å². The second-order valence-corrected chi connectivity index (χ2v) is 11.5. The highest BCUT2D eigenvalue weighted by molar-refractivity contribution is 6.31. The lowest BCUT2D eigenvalue weighted by molar-refractivity contribution is -0.148. The van der Waals surface area contributed by atoms with Gasteiger partial charge in [-0.15, -0.1) is 0 Å². The van der Waals surface area contributed by atoms with Gasteiger partial charge in [-0.1, -0.05) is 68.1 Å². The minimum atomic E-state index is -0.898. The van der Waals surface area contributed by atoms with Crippen LogP contribution in [0.1, 0.15) is 73.7 Å². The van der Waals surface area contributed by atoms with E-state index in [2.05, 4.69) is 18.5 Å². The smallest absolute Gasteiger partial charge is 0.337 e. The van der Waals surface area contributed by atoms with E-state index in [9.17, 15) is 14.4 Å². The molecule has 0 radical (unpaired) electrons. The van der Waals surface area contributed by atoms with E-state index >= 15 is 0 Å². The van der Waals surface area contributed by atoms with E-state index in [1.54, 1.807) is 39.2 Å². The molecule has 0 aliphatic heterocycles. The number of aryl methyl sites for hydroxylation is 3. The lowest BCUT2D eigenvalue weighted by atomic mass is 9.97. The summed E-state index contributed by atoms with van der Waals surface area (Å²) < 4.78 is 20.7. The Morgan fingerprint density at radius 1 is 0.771 bits per heavy atom. The van der Waals surface area contributed by atoms with Crippen molar-refractivity contribution in [3.05, 3.63) is 116 Å². The molecule has 3 rings (SSSR count). The Labute approximate surface area is 295 Å². The van der Waals surface area contributed by atoms with Crippen LogP contribution in [0, 0.1) is 27.7 Å². The maximum Gasteiger partial charge on any atom is 0.337 e. The average molecular weight is 701 g/mol. The standard InChI is InChI=1S/C22H26ClNO3.C15H17ClO4.CH4/c1-7-27-22(25)16(5)21(17-9-8-13(2)19(23)11-17)24-18-10-14(3)15(4)20(12-18)26-6;1-5-19-15(18)10(3)14(20-11(4)17)12-7-6-9(2)13(16)8-12;/h8-12,21,24H,5,7H2,1-4,6H3;6-8,14H,3,5H2,1-2,4H3;1H4/t21-;;/m1../s1. The van der Waals surface area contributed by atoms with Crippen LogP contribution < -0.4 is 10.1 Å². The number of nitrogens with one attached hydrogen (secondary N) is 1. The zero-order valence-electron chi connectivity index (χ0n) is 28.2. The number of halogens is 2. The van der Waals surface area contributed by atoms with Crippen molar-refractivity contribution in [3.8, 4) is 5.75 Å². The average Bonchev–Trinajstić information content (AvgIpc) is 3.02. The van der Waals surface area contributed by atoms with Gasteiger partial charge in [0.25, 0.3) is 0 Å². The second-order valence-electron chi connectivity index (χ2n) is 10.7. The summed E-state index contributed by atoms with van der Waals surface area (Å²) >= 11 is 12.4. The first-order valence-electron chi connectivity index (χ1n) is 15.0. The molecule has 0 fully saturated rings. The highest BCUT2D eigenvalue weighted by atomic mass is 35.5. The van der Waals surface area contributed by atoms with E-state index in [4.69, 9.17) is 42.1 Å². The lowest BCUT2D eigenvalue weighted by Crippen LogP contribution is -2.20. The van der Waals surface area contributed by atoms with Gasteiger partial charge in [-0.25, -0.2) is 9.59 Å². The molecular formula is C38H47Cl2NO7.